The van der Waals surface area contributed by atoms with E-state index < -0.39 is 0 Å². The Balaban J connectivity index is 2.16. The molecule has 1 amide bonds. The van der Waals surface area contributed by atoms with Crippen molar-refractivity contribution in [2.75, 3.05) is 18.6 Å². The summed E-state index contributed by atoms with van der Waals surface area (Å²) in [6, 6.07) is 0. The average molecular weight is 273 g/mol. The highest BCUT2D eigenvalue weighted by molar-refractivity contribution is 7.98. The molecule has 6 heteroatoms. The van der Waals surface area contributed by atoms with Crippen molar-refractivity contribution < 1.29 is 4.79 Å². The zero-order valence-corrected chi connectivity index (χ0v) is 11.7. The maximum atomic E-state index is 11.7. The molecule has 4 nitrogen and oxygen atoms in total. The predicted octanol–water partition coefficient (Wildman–Crippen LogP) is 1.86. The number of unbranched alkanes of at least 4 members (excludes halogenated alkanes) is 2. The van der Waals surface area contributed by atoms with Crippen LogP contribution in [0.1, 0.15) is 34.8 Å². The van der Waals surface area contributed by atoms with Crippen molar-refractivity contribution >= 4 is 29.0 Å². The van der Waals surface area contributed by atoms with Crippen LogP contribution in [-0.4, -0.2) is 29.4 Å². The Labute approximate surface area is 110 Å². The van der Waals surface area contributed by atoms with Crippen LogP contribution in [0.3, 0.4) is 0 Å². The molecule has 0 fully saturated rings. The number of amides is 1. The van der Waals surface area contributed by atoms with Crippen LogP contribution in [0.2, 0.25) is 0 Å². The van der Waals surface area contributed by atoms with Gasteiger partial charge in [0.05, 0.1) is 0 Å². The van der Waals surface area contributed by atoms with Gasteiger partial charge in [-0.3, -0.25) is 4.79 Å². The summed E-state index contributed by atoms with van der Waals surface area (Å²) in [6.45, 7) is 1.12. The molecule has 1 rings (SSSR count). The van der Waals surface area contributed by atoms with Gasteiger partial charge in [-0.05, 0) is 24.9 Å². The van der Waals surface area contributed by atoms with Gasteiger partial charge in [0.15, 0.2) is 0 Å². The van der Waals surface area contributed by atoms with E-state index in [0.717, 1.165) is 24.4 Å². The summed E-state index contributed by atoms with van der Waals surface area (Å²) in [5, 5.41) is 5.43. The molecule has 1 aromatic heterocycles. The number of thiazole rings is 1. The van der Waals surface area contributed by atoms with Crippen LogP contribution in [0.5, 0.6) is 0 Å². The Hall–Kier alpha value is -0.590. The molecule has 3 N–H and O–H groups in total. The van der Waals surface area contributed by atoms with E-state index in [0.29, 0.717) is 12.2 Å². The van der Waals surface area contributed by atoms with Crippen molar-refractivity contribution in [1.29, 1.82) is 0 Å². The summed E-state index contributed by atoms with van der Waals surface area (Å²) >= 11 is 3.29. The van der Waals surface area contributed by atoms with E-state index in [4.69, 9.17) is 5.73 Å². The van der Waals surface area contributed by atoms with Gasteiger partial charge in [-0.2, -0.15) is 11.8 Å². The molecule has 17 heavy (non-hydrogen) atoms. The smallest absolute Gasteiger partial charge is 0.270 e. The number of hydrogen-bond donors (Lipinski definition) is 2. The molecule has 0 aliphatic heterocycles. The van der Waals surface area contributed by atoms with Gasteiger partial charge in [0, 0.05) is 18.5 Å². The van der Waals surface area contributed by atoms with Crippen LogP contribution < -0.4 is 11.1 Å². The molecule has 0 radical (unpaired) electrons. The van der Waals surface area contributed by atoms with Gasteiger partial charge in [-0.15, -0.1) is 11.3 Å². The number of nitrogens with zero attached hydrogens (tertiary/aromatic N) is 1. The molecular formula is C11H19N3OS2. The summed E-state index contributed by atoms with van der Waals surface area (Å²) in [7, 11) is 0. The average Bonchev–Trinajstić information content (AvgIpc) is 2.82. The Morgan fingerprint density at radius 2 is 2.35 bits per heavy atom. The second-order valence-corrected chi connectivity index (χ2v) is 5.57. The maximum absolute atomic E-state index is 11.7. The Morgan fingerprint density at radius 3 is 3.00 bits per heavy atom. The molecule has 96 valence electrons. The first-order chi connectivity index (χ1) is 8.27. The third-order valence-electron chi connectivity index (χ3n) is 2.27. The first kappa shape index (κ1) is 14.5. The fourth-order valence-electron chi connectivity index (χ4n) is 1.35. The summed E-state index contributed by atoms with van der Waals surface area (Å²) in [5.74, 6) is 1.10. The van der Waals surface area contributed by atoms with Gasteiger partial charge in [-0.1, -0.05) is 6.42 Å². The van der Waals surface area contributed by atoms with Crippen LogP contribution in [0.25, 0.3) is 0 Å². The fraction of sp³-hybridized carbons (Fsp3) is 0.636. The minimum absolute atomic E-state index is 0.0918. The number of carbonyl (C=O) groups excluding carboxylic acids is 1. The Bertz CT molecular complexity index is 341. The van der Waals surface area contributed by atoms with Crippen LogP contribution in [0.15, 0.2) is 5.38 Å². The number of rotatable bonds is 8. The monoisotopic (exact) mass is 273 g/mol. The second kappa shape index (κ2) is 8.49. The maximum Gasteiger partial charge on any atom is 0.270 e. The lowest BCUT2D eigenvalue weighted by molar-refractivity contribution is 0.0948. The van der Waals surface area contributed by atoms with Gasteiger partial charge in [0.1, 0.15) is 10.7 Å². The minimum atomic E-state index is -0.0918. The molecule has 0 unspecified atom stereocenters. The lowest BCUT2D eigenvalue weighted by Gasteiger charge is -2.02. The zero-order chi connectivity index (χ0) is 12.5. The van der Waals surface area contributed by atoms with Crippen LogP contribution >= 0.6 is 23.1 Å². The van der Waals surface area contributed by atoms with E-state index >= 15 is 0 Å². The van der Waals surface area contributed by atoms with Gasteiger partial charge in [-0.25, -0.2) is 4.98 Å². The summed E-state index contributed by atoms with van der Waals surface area (Å²) in [5.41, 5.74) is 5.93. The third-order valence-corrected chi connectivity index (χ3v) is 3.84. The molecular weight excluding hydrogens is 254 g/mol. The van der Waals surface area contributed by atoms with E-state index in [1.165, 1.54) is 23.5 Å². The largest absolute Gasteiger partial charge is 0.351 e. The van der Waals surface area contributed by atoms with E-state index in [-0.39, 0.29) is 5.91 Å². The fourth-order valence-corrected chi connectivity index (χ4v) is 2.50. The predicted molar refractivity (Wildman–Crippen MR) is 74.6 cm³/mol. The standard InChI is InChI=1S/C11H19N3OS2/c1-16-6-4-2-3-5-13-11(15)9-8-17-10(7-12)14-9/h8H,2-7,12H2,1H3,(H,13,15). The van der Waals surface area contributed by atoms with Gasteiger partial charge in [0.25, 0.3) is 5.91 Å². The highest BCUT2D eigenvalue weighted by atomic mass is 32.2. The highest BCUT2D eigenvalue weighted by Crippen LogP contribution is 2.08. The molecule has 0 saturated heterocycles. The Kier molecular flexibility index (Phi) is 7.23. The van der Waals surface area contributed by atoms with Crippen molar-refractivity contribution in [3.63, 3.8) is 0 Å². The van der Waals surface area contributed by atoms with Crippen LogP contribution in [0.4, 0.5) is 0 Å². The third kappa shape index (κ3) is 5.52. The van der Waals surface area contributed by atoms with Crippen molar-refractivity contribution in [3.8, 4) is 0 Å². The highest BCUT2D eigenvalue weighted by Gasteiger charge is 2.08. The van der Waals surface area contributed by atoms with Crippen molar-refractivity contribution in [1.82, 2.24) is 10.3 Å². The van der Waals surface area contributed by atoms with E-state index in [1.807, 2.05) is 11.8 Å². The number of nitrogens with one attached hydrogen (secondary N) is 1. The number of aromatic nitrogens is 1. The first-order valence-corrected chi connectivity index (χ1v) is 7.97. The topological polar surface area (TPSA) is 68.0 Å². The molecule has 0 atom stereocenters. The van der Waals surface area contributed by atoms with Crippen molar-refractivity contribution in [2.24, 2.45) is 5.73 Å². The lowest BCUT2D eigenvalue weighted by Crippen LogP contribution is -2.24. The molecule has 0 saturated carbocycles. The van der Waals surface area contributed by atoms with Crippen molar-refractivity contribution in [3.05, 3.63) is 16.1 Å². The molecule has 1 heterocycles. The normalized spacial score (nSPS) is 10.5. The minimum Gasteiger partial charge on any atom is -0.351 e. The van der Waals surface area contributed by atoms with Crippen molar-refractivity contribution in [2.45, 2.75) is 25.8 Å². The van der Waals surface area contributed by atoms with Gasteiger partial charge in [0.2, 0.25) is 0 Å². The molecule has 0 aromatic carbocycles. The number of nitrogens with two attached hydrogens (primary N) is 1. The lowest BCUT2D eigenvalue weighted by atomic mass is 10.2. The molecule has 0 bridgehead atoms. The van der Waals surface area contributed by atoms with E-state index in [1.54, 1.807) is 5.38 Å². The van der Waals surface area contributed by atoms with Crippen LogP contribution in [0, 0.1) is 0 Å². The second-order valence-electron chi connectivity index (χ2n) is 3.64. The van der Waals surface area contributed by atoms with Gasteiger partial charge >= 0.3 is 0 Å². The number of thioether (sulfide) groups is 1. The number of carbonyl (C=O) groups is 1. The quantitative estimate of drug-likeness (QED) is 0.710. The van der Waals surface area contributed by atoms with E-state index in [2.05, 4.69) is 16.6 Å². The van der Waals surface area contributed by atoms with E-state index in [9.17, 15) is 4.79 Å². The summed E-state index contributed by atoms with van der Waals surface area (Å²) in [6.07, 6.45) is 5.51. The SMILES string of the molecule is CSCCCCCNC(=O)c1csc(CN)n1. The van der Waals surface area contributed by atoms with Crippen LogP contribution in [-0.2, 0) is 6.54 Å². The Morgan fingerprint density at radius 1 is 1.53 bits per heavy atom. The summed E-state index contributed by atoms with van der Waals surface area (Å²) in [4.78, 5) is 15.8. The number of hydrogen-bond acceptors (Lipinski definition) is 5. The van der Waals surface area contributed by atoms with Gasteiger partial charge < -0.3 is 11.1 Å². The summed E-state index contributed by atoms with van der Waals surface area (Å²) < 4.78 is 0. The molecule has 1 aromatic rings. The zero-order valence-electron chi connectivity index (χ0n) is 10.1. The molecule has 0 aliphatic rings. The first-order valence-electron chi connectivity index (χ1n) is 5.69. The molecule has 0 aliphatic carbocycles. The molecule has 0 spiro atoms.